The largest absolute Gasteiger partial charge is 0.377 e. The van der Waals surface area contributed by atoms with Gasteiger partial charge in [0.2, 0.25) is 5.91 Å². The van der Waals surface area contributed by atoms with Crippen LogP contribution in [0, 0.1) is 12.8 Å². The van der Waals surface area contributed by atoms with Crippen LogP contribution in [0.4, 0.5) is 11.4 Å². The summed E-state index contributed by atoms with van der Waals surface area (Å²) in [5.74, 6) is 0.296. The maximum atomic E-state index is 12.8. The lowest BCUT2D eigenvalue weighted by Crippen LogP contribution is -2.38. The molecule has 1 amide bonds. The Hall–Kier alpha value is -2.39. The van der Waals surface area contributed by atoms with E-state index in [0.29, 0.717) is 24.7 Å². The molecule has 1 saturated heterocycles. The van der Waals surface area contributed by atoms with Crippen molar-refractivity contribution in [2.24, 2.45) is 5.92 Å². The third-order valence-electron chi connectivity index (χ3n) is 5.26. The number of hydrogen-bond acceptors (Lipinski definition) is 5. The predicted molar refractivity (Wildman–Crippen MR) is 114 cm³/mol. The van der Waals surface area contributed by atoms with Gasteiger partial charge in [-0.15, -0.1) is 0 Å². The van der Waals surface area contributed by atoms with Crippen LogP contribution in [0.3, 0.4) is 0 Å². The van der Waals surface area contributed by atoms with Crippen molar-refractivity contribution in [1.29, 1.82) is 0 Å². The zero-order valence-corrected chi connectivity index (χ0v) is 18.2. The number of carbonyl (C=O) groups is 1. The second-order valence-corrected chi connectivity index (χ2v) is 9.80. The second kappa shape index (κ2) is 8.54. The fourth-order valence-electron chi connectivity index (χ4n) is 3.45. The zero-order chi connectivity index (χ0) is 21.2. The number of amides is 1. The molecule has 0 unspecified atom stereocenters. The van der Waals surface area contributed by atoms with Gasteiger partial charge in [-0.2, -0.15) is 4.31 Å². The van der Waals surface area contributed by atoms with Gasteiger partial charge >= 0.3 is 0 Å². The van der Waals surface area contributed by atoms with Crippen LogP contribution in [0.2, 0.25) is 0 Å². The number of piperidine rings is 1. The second-order valence-electron chi connectivity index (χ2n) is 7.91. The number of anilines is 2. The molecule has 1 aliphatic rings. The number of aryl methyl sites for hydroxylation is 1. The fraction of sp³-hybridized carbons (Fsp3) is 0.500. The average molecular weight is 420 g/mol. The van der Waals surface area contributed by atoms with E-state index in [2.05, 4.69) is 17.2 Å². The van der Waals surface area contributed by atoms with Crippen molar-refractivity contribution in [3.8, 4) is 0 Å². The molecule has 8 nitrogen and oxygen atoms in total. The van der Waals surface area contributed by atoms with Crippen molar-refractivity contribution in [3.05, 3.63) is 36.3 Å². The van der Waals surface area contributed by atoms with Crippen LogP contribution in [0.1, 0.15) is 25.3 Å². The molecule has 0 radical (unpaired) electrons. The average Bonchev–Trinajstić information content (AvgIpc) is 3.12. The highest BCUT2D eigenvalue weighted by atomic mass is 32.2. The Bertz CT molecular complexity index is 976. The van der Waals surface area contributed by atoms with Gasteiger partial charge in [0.15, 0.2) is 5.03 Å². The van der Waals surface area contributed by atoms with Crippen LogP contribution >= 0.6 is 0 Å². The van der Waals surface area contributed by atoms with E-state index in [9.17, 15) is 13.2 Å². The number of hydrogen-bond donors (Lipinski definition) is 1. The van der Waals surface area contributed by atoms with Gasteiger partial charge in [-0.1, -0.05) is 13.0 Å². The monoisotopic (exact) mass is 419 g/mol. The van der Waals surface area contributed by atoms with Gasteiger partial charge in [0.1, 0.15) is 6.54 Å². The summed E-state index contributed by atoms with van der Waals surface area (Å²) >= 11 is 0. The SMILES string of the molecule is Cc1ccc(NC(=O)Cn2cnc(S(=O)(=O)N3CCC(C)CC3)c2)cc1N(C)C. The van der Waals surface area contributed by atoms with Crippen molar-refractivity contribution in [2.75, 3.05) is 37.4 Å². The molecular weight excluding hydrogens is 390 g/mol. The Morgan fingerprint density at radius 2 is 1.97 bits per heavy atom. The van der Waals surface area contributed by atoms with Gasteiger partial charge in [0, 0.05) is 44.8 Å². The van der Waals surface area contributed by atoms with Crippen molar-refractivity contribution < 1.29 is 13.2 Å². The van der Waals surface area contributed by atoms with Crippen molar-refractivity contribution >= 4 is 27.3 Å². The lowest BCUT2D eigenvalue weighted by atomic mass is 10.0. The maximum absolute atomic E-state index is 12.8. The minimum absolute atomic E-state index is 0.00918. The lowest BCUT2D eigenvalue weighted by Gasteiger charge is -2.28. The Kier molecular flexibility index (Phi) is 6.28. The first-order valence-corrected chi connectivity index (χ1v) is 11.2. The maximum Gasteiger partial charge on any atom is 0.262 e. The summed E-state index contributed by atoms with van der Waals surface area (Å²) in [6, 6.07) is 5.71. The van der Waals surface area contributed by atoms with E-state index < -0.39 is 10.0 Å². The number of sulfonamides is 1. The summed E-state index contributed by atoms with van der Waals surface area (Å²) in [6.07, 6.45) is 4.52. The summed E-state index contributed by atoms with van der Waals surface area (Å²) < 4.78 is 28.5. The van der Waals surface area contributed by atoms with E-state index in [-0.39, 0.29) is 17.5 Å². The van der Waals surface area contributed by atoms with E-state index in [1.54, 1.807) is 0 Å². The highest BCUT2D eigenvalue weighted by Gasteiger charge is 2.29. The number of nitrogens with zero attached hydrogens (tertiary/aromatic N) is 4. The molecule has 2 aromatic rings. The van der Waals surface area contributed by atoms with Gasteiger partial charge in [0.05, 0.1) is 6.33 Å². The number of rotatable bonds is 6. The third kappa shape index (κ3) is 4.97. The quantitative estimate of drug-likeness (QED) is 0.776. The number of aromatic nitrogens is 2. The zero-order valence-electron chi connectivity index (χ0n) is 17.4. The molecular formula is C20H29N5O3S. The standard InChI is InChI=1S/C20H29N5O3S/c1-15-7-9-25(10-8-15)29(27,28)20-13-24(14-21-20)12-19(26)22-17-6-5-16(2)18(11-17)23(3)4/h5-6,11,13-15H,7-10,12H2,1-4H3,(H,22,26). The highest BCUT2D eigenvalue weighted by Crippen LogP contribution is 2.23. The molecule has 0 saturated carbocycles. The molecule has 2 heterocycles. The third-order valence-corrected chi connectivity index (χ3v) is 7.04. The van der Waals surface area contributed by atoms with Crippen LogP contribution < -0.4 is 10.2 Å². The summed E-state index contributed by atoms with van der Waals surface area (Å²) in [5, 5.41) is 2.85. The smallest absolute Gasteiger partial charge is 0.262 e. The molecule has 1 aromatic heterocycles. The van der Waals surface area contributed by atoms with Gasteiger partial charge in [-0.05, 0) is 43.4 Å². The Morgan fingerprint density at radius 3 is 2.62 bits per heavy atom. The molecule has 158 valence electrons. The van der Waals surface area contributed by atoms with Crippen molar-refractivity contribution in [1.82, 2.24) is 13.9 Å². The Balaban J connectivity index is 1.65. The van der Waals surface area contributed by atoms with Crippen LogP contribution in [0.25, 0.3) is 0 Å². The van der Waals surface area contributed by atoms with Crippen LogP contribution in [-0.4, -0.2) is 55.4 Å². The molecule has 0 atom stereocenters. The summed E-state index contributed by atoms with van der Waals surface area (Å²) in [6.45, 7) is 5.16. The van der Waals surface area contributed by atoms with Gasteiger partial charge < -0.3 is 14.8 Å². The molecule has 9 heteroatoms. The van der Waals surface area contributed by atoms with Gasteiger partial charge in [-0.3, -0.25) is 4.79 Å². The van der Waals surface area contributed by atoms with E-state index in [1.165, 1.54) is 21.4 Å². The normalized spacial score (nSPS) is 16.0. The van der Waals surface area contributed by atoms with Crippen LogP contribution in [0.5, 0.6) is 0 Å². The summed E-state index contributed by atoms with van der Waals surface area (Å²) in [7, 11) is 0.283. The van der Waals surface area contributed by atoms with Gasteiger partial charge in [-0.25, -0.2) is 13.4 Å². The molecule has 1 N–H and O–H groups in total. The Labute approximate surface area is 172 Å². The van der Waals surface area contributed by atoms with Gasteiger partial charge in [0.25, 0.3) is 10.0 Å². The number of benzene rings is 1. The summed E-state index contributed by atoms with van der Waals surface area (Å²) in [5.41, 5.74) is 2.83. The minimum Gasteiger partial charge on any atom is -0.377 e. The number of imidazole rings is 1. The van der Waals surface area contributed by atoms with E-state index in [1.807, 2.05) is 44.1 Å². The topological polar surface area (TPSA) is 87.5 Å². The first kappa shape index (κ1) is 21.3. The van der Waals surface area contributed by atoms with E-state index >= 15 is 0 Å². The molecule has 1 fully saturated rings. The molecule has 0 bridgehead atoms. The Morgan fingerprint density at radius 1 is 1.28 bits per heavy atom. The van der Waals surface area contributed by atoms with Crippen LogP contribution in [-0.2, 0) is 21.4 Å². The van der Waals surface area contributed by atoms with Crippen molar-refractivity contribution in [2.45, 2.75) is 38.3 Å². The first-order chi connectivity index (χ1) is 13.7. The first-order valence-electron chi connectivity index (χ1n) is 9.76. The molecule has 3 rings (SSSR count). The number of carbonyl (C=O) groups excluding carboxylic acids is 1. The van der Waals surface area contributed by atoms with Crippen LogP contribution in [0.15, 0.2) is 35.7 Å². The summed E-state index contributed by atoms with van der Waals surface area (Å²) in [4.78, 5) is 18.4. The van der Waals surface area contributed by atoms with Crippen molar-refractivity contribution in [3.63, 3.8) is 0 Å². The molecule has 0 aliphatic carbocycles. The molecule has 1 aliphatic heterocycles. The molecule has 0 spiro atoms. The minimum atomic E-state index is -3.62. The number of nitrogens with one attached hydrogen (secondary N) is 1. The van der Waals surface area contributed by atoms with E-state index in [0.717, 1.165) is 24.1 Å². The highest BCUT2D eigenvalue weighted by molar-refractivity contribution is 7.89. The molecule has 1 aromatic carbocycles. The fourth-order valence-corrected chi connectivity index (χ4v) is 4.86. The molecule has 29 heavy (non-hydrogen) atoms. The predicted octanol–water partition coefficient (Wildman–Crippen LogP) is 2.32. The lowest BCUT2D eigenvalue weighted by molar-refractivity contribution is -0.116. The van der Waals surface area contributed by atoms with E-state index in [4.69, 9.17) is 0 Å².